The minimum Gasteiger partial charge on any atom is -0.370 e. The Hall–Kier alpha value is -6.87. The van der Waals surface area contributed by atoms with E-state index in [9.17, 15) is 38.4 Å². The third kappa shape index (κ3) is 16.1. The number of para-hydroxylation sites is 1. The molecule has 0 radical (unpaired) electrons. The van der Waals surface area contributed by atoms with Crippen LogP contribution in [-0.2, 0) is 51.2 Å². The molecule has 1 saturated heterocycles. The van der Waals surface area contributed by atoms with E-state index in [-0.39, 0.29) is 69.8 Å². The van der Waals surface area contributed by atoms with Crippen LogP contribution in [0.15, 0.2) is 65.8 Å². The van der Waals surface area contributed by atoms with E-state index in [2.05, 4.69) is 47.2 Å². The van der Waals surface area contributed by atoms with Crippen LogP contribution in [-0.4, -0.2) is 121 Å². The van der Waals surface area contributed by atoms with Crippen LogP contribution in [0.5, 0.6) is 0 Å². The van der Waals surface area contributed by atoms with Crippen molar-refractivity contribution in [3.63, 3.8) is 0 Å². The van der Waals surface area contributed by atoms with Crippen molar-refractivity contribution in [2.75, 3.05) is 26.7 Å². The number of aliphatic imine (C=N–C) groups is 1. The van der Waals surface area contributed by atoms with E-state index in [1.165, 1.54) is 7.05 Å². The van der Waals surface area contributed by atoms with Gasteiger partial charge in [0.2, 0.25) is 41.4 Å². The first kappa shape index (κ1) is 49.8. The Bertz CT molecular complexity index is 2120. The molecule has 1 aliphatic rings. The Morgan fingerprint density at radius 1 is 0.719 bits per heavy atom. The molecule has 0 aliphatic carbocycles. The van der Waals surface area contributed by atoms with Crippen molar-refractivity contribution in [1.29, 1.82) is 0 Å². The number of carbonyl (C=O) groups is 8. The van der Waals surface area contributed by atoms with Gasteiger partial charge in [0.15, 0.2) is 5.96 Å². The van der Waals surface area contributed by atoms with Crippen molar-refractivity contribution >= 4 is 64.0 Å². The summed E-state index contributed by atoms with van der Waals surface area (Å²) in [6, 6.07) is 8.46. The molecule has 0 saturated carbocycles. The van der Waals surface area contributed by atoms with Crippen LogP contribution < -0.4 is 60.2 Å². The summed E-state index contributed by atoms with van der Waals surface area (Å²) in [6.07, 6.45) is 2.28. The van der Waals surface area contributed by atoms with Gasteiger partial charge in [0.25, 0.3) is 0 Å². The first-order valence-electron chi connectivity index (χ1n) is 21.3. The predicted molar refractivity (Wildman–Crippen MR) is 239 cm³/mol. The van der Waals surface area contributed by atoms with Crippen molar-refractivity contribution in [2.45, 2.75) is 100 Å². The molecule has 4 rings (SSSR count). The van der Waals surface area contributed by atoms with Gasteiger partial charge in [-0.2, -0.15) is 0 Å². The number of aromatic nitrogens is 1. The van der Waals surface area contributed by atoms with E-state index in [0.29, 0.717) is 30.5 Å². The van der Waals surface area contributed by atoms with Gasteiger partial charge >= 0.3 is 0 Å². The maximum atomic E-state index is 14.4. The van der Waals surface area contributed by atoms with Gasteiger partial charge in [-0.3, -0.25) is 43.3 Å². The van der Waals surface area contributed by atoms with Gasteiger partial charge in [-0.05, 0) is 69.3 Å². The molecule has 2 heterocycles. The van der Waals surface area contributed by atoms with E-state index >= 15 is 0 Å². The van der Waals surface area contributed by atoms with Crippen LogP contribution in [0.1, 0.15) is 62.5 Å². The summed E-state index contributed by atoms with van der Waals surface area (Å²) in [5.41, 5.74) is 24.4. The van der Waals surface area contributed by atoms with Gasteiger partial charge in [-0.15, -0.1) is 0 Å². The van der Waals surface area contributed by atoms with Gasteiger partial charge in [-0.25, -0.2) is 0 Å². The lowest BCUT2D eigenvalue weighted by Crippen LogP contribution is -2.60. The van der Waals surface area contributed by atoms with E-state index in [1.807, 2.05) is 24.3 Å². The Morgan fingerprint density at radius 3 is 2.03 bits per heavy atom. The second kappa shape index (κ2) is 25.3. The first-order chi connectivity index (χ1) is 30.6. The average molecular weight is 888 g/mol. The topological polar surface area (TPSA) is 353 Å². The molecule has 2 aromatic carbocycles. The number of nitrogens with two attached hydrogens (primary N) is 4. The molecule has 0 spiro atoms. The maximum absolute atomic E-state index is 14.4. The van der Waals surface area contributed by atoms with E-state index in [4.69, 9.17) is 22.9 Å². The molecule has 0 unspecified atom stereocenters. The Morgan fingerprint density at radius 2 is 1.34 bits per heavy atom. The summed E-state index contributed by atoms with van der Waals surface area (Å²) in [4.78, 5) is 115. The number of hydrogen-bond acceptors (Lipinski definition) is 11. The Kier molecular flexibility index (Phi) is 19.7. The van der Waals surface area contributed by atoms with Gasteiger partial charge < -0.3 is 65.1 Å². The van der Waals surface area contributed by atoms with E-state index in [0.717, 1.165) is 10.9 Å². The Labute approximate surface area is 370 Å². The molecule has 1 fully saturated rings. The highest BCUT2D eigenvalue weighted by molar-refractivity contribution is 5.98. The monoisotopic (exact) mass is 887 g/mol. The second-order valence-electron chi connectivity index (χ2n) is 15.7. The number of likely N-dealkylation sites (N-methyl/N-ethyl adjacent to an activating group) is 1. The fourth-order valence-corrected chi connectivity index (χ4v) is 7.25. The van der Waals surface area contributed by atoms with Crippen LogP contribution in [0.2, 0.25) is 0 Å². The zero-order valence-corrected chi connectivity index (χ0v) is 36.0. The molecule has 21 nitrogen and oxygen atoms in total. The molecular formula is C43H61N13O8. The fraction of sp³-hybridized carbons (Fsp3) is 0.465. The number of rotatable bonds is 12. The number of aromatic amines is 1. The molecule has 16 N–H and O–H groups in total. The number of nitrogens with one attached hydrogen (secondary N) is 8. The summed E-state index contributed by atoms with van der Waals surface area (Å²) >= 11 is 0. The molecule has 1 aromatic heterocycles. The van der Waals surface area contributed by atoms with Crippen molar-refractivity contribution in [2.24, 2.45) is 27.9 Å². The second-order valence-corrected chi connectivity index (χ2v) is 15.7. The number of nitrogens with zero attached hydrogens (tertiary/aromatic N) is 1. The van der Waals surface area contributed by atoms with Crippen molar-refractivity contribution < 1.29 is 38.4 Å². The number of carbonyl (C=O) groups excluding carboxylic acids is 8. The number of fused-ring (bicyclic) bond motifs is 1. The molecule has 3 aromatic rings. The lowest BCUT2D eigenvalue weighted by Gasteiger charge is -2.27. The zero-order chi connectivity index (χ0) is 46.6. The van der Waals surface area contributed by atoms with Crippen LogP contribution in [0, 0.1) is 0 Å². The Balaban J connectivity index is 1.73. The largest absolute Gasteiger partial charge is 0.370 e. The number of primary amides is 2. The van der Waals surface area contributed by atoms with E-state index in [1.54, 1.807) is 36.5 Å². The zero-order valence-electron chi connectivity index (χ0n) is 36.0. The van der Waals surface area contributed by atoms with Crippen LogP contribution in [0.3, 0.4) is 0 Å². The SMILES string of the molecule is CN[C@H]1CCC(=O)CNCCCC[C@@H](C(N)=O)NC(=O)[C@H](Cc2c[nH]c3ccccc23)NC(=O)[C@H](CCCN=C(N)N)NC(=O)[C@@H](Cc2ccccc2)NC(=O)[C@H](CC(N)=O)NC1=O. The smallest absolute Gasteiger partial charge is 0.243 e. The average Bonchev–Trinajstić information content (AvgIpc) is 3.66. The van der Waals surface area contributed by atoms with Gasteiger partial charge in [-0.1, -0.05) is 48.5 Å². The molecular weight excluding hydrogens is 827 g/mol. The minimum atomic E-state index is -1.52. The summed E-state index contributed by atoms with van der Waals surface area (Å²) in [6.45, 7) is 0.472. The molecule has 6 atom stereocenters. The third-order valence-electron chi connectivity index (χ3n) is 10.7. The number of benzene rings is 2. The highest BCUT2D eigenvalue weighted by Crippen LogP contribution is 2.20. The normalized spacial score (nSPS) is 23.0. The lowest BCUT2D eigenvalue weighted by molar-refractivity contribution is -0.135. The fourth-order valence-electron chi connectivity index (χ4n) is 7.25. The quantitative estimate of drug-likeness (QED) is 0.0511. The summed E-state index contributed by atoms with van der Waals surface area (Å²) in [5, 5.41) is 20.0. The highest BCUT2D eigenvalue weighted by atomic mass is 16.2. The van der Waals surface area contributed by atoms with Gasteiger partial charge in [0.05, 0.1) is 19.0 Å². The number of Topliss-reactive ketones (excluding diaryl/α,β-unsaturated/α-hetero) is 1. The number of amides is 7. The summed E-state index contributed by atoms with van der Waals surface area (Å²) < 4.78 is 0. The lowest BCUT2D eigenvalue weighted by atomic mass is 10.0. The standard InChI is InChI=1S/C43H61N13O8/c1-48-31-17-16-27(57)24-49-18-8-7-14-30(37(45)59)52-41(63)34(21-26-23-51-29-13-6-5-12-28(26)29)55-39(61)32(15-9-19-50-43(46)47)53-40(62)33(20-25-10-3-2-4-11-25)54-42(64)35(22-36(44)58)56-38(31)60/h2-6,10-13,23,30-35,48-49,51H,7-9,14-22,24H2,1H3,(H2,44,58)(H2,45,59)(H,52,63)(H,53,62)(H,54,64)(H,55,61)(H,56,60)(H4,46,47,50)/t30-,31-,32-,33+,34-,35-/m0/s1. The van der Waals surface area contributed by atoms with Crippen LogP contribution in [0.25, 0.3) is 10.9 Å². The molecule has 346 valence electrons. The third-order valence-corrected chi connectivity index (χ3v) is 10.7. The van der Waals surface area contributed by atoms with Crippen LogP contribution >= 0.6 is 0 Å². The summed E-state index contributed by atoms with van der Waals surface area (Å²) in [5.74, 6) is -6.00. The van der Waals surface area contributed by atoms with Crippen molar-refractivity contribution in [1.82, 2.24) is 42.2 Å². The number of guanidine groups is 1. The van der Waals surface area contributed by atoms with E-state index < -0.39 is 84.0 Å². The maximum Gasteiger partial charge on any atom is 0.243 e. The van der Waals surface area contributed by atoms with Gasteiger partial charge in [0, 0.05) is 42.9 Å². The highest BCUT2D eigenvalue weighted by Gasteiger charge is 2.34. The predicted octanol–water partition coefficient (Wildman–Crippen LogP) is -2.50. The first-order valence-corrected chi connectivity index (χ1v) is 21.3. The number of H-pyrrole nitrogens is 1. The van der Waals surface area contributed by atoms with Crippen LogP contribution in [0.4, 0.5) is 0 Å². The van der Waals surface area contributed by atoms with Crippen molar-refractivity contribution in [3.05, 3.63) is 71.9 Å². The number of ketones is 1. The molecule has 1 aliphatic heterocycles. The summed E-state index contributed by atoms with van der Waals surface area (Å²) in [7, 11) is 1.50. The molecule has 64 heavy (non-hydrogen) atoms. The molecule has 21 heteroatoms. The molecule has 7 amide bonds. The van der Waals surface area contributed by atoms with Crippen molar-refractivity contribution in [3.8, 4) is 0 Å². The molecule has 0 bridgehead atoms. The van der Waals surface area contributed by atoms with Gasteiger partial charge in [0.1, 0.15) is 36.0 Å². The minimum absolute atomic E-state index is 0.00386. The number of hydrogen-bond donors (Lipinski definition) is 12.